The summed E-state index contributed by atoms with van der Waals surface area (Å²) in [6.07, 6.45) is 3.11. The summed E-state index contributed by atoms with van der Waals surface area (Å²) in [6, 6.07) is 0. The highest BCUT2D eigenvalue weighted by Gasteiger charge is 2.50. The SMILES string of the molecule is NCC1(C(=O)N2CCC(O)CC2)CC1. The Hall–Kier alpha value is -0.610. The van der Waals surface area contributed by atoms with Crippen molar-refractivity contribution in [2.24, 2.45) is 11.1 Å². The molecule has 3 N–H and O–H groups in total. The van der Waals surface area contributed by atoms with Gasteiger partial charge < -0.3 is 15.7 Å². The van der Waals surface area contributed by atoms with Crippen molar-refractivity contribution in [3.05, 3.63) is 0 Å². The summed E-state index contributed by atoms with van der Waals surface area (Å²) in [5.41, 5.74) is 5.39. The van der Waals surface area contributed by atoms with Crippen LogP contribution in [-0.4, -0.2) is 41.7 Å². The summed E-state index contributed by atoms with van der Waals surface area (Å²) in [7, 11) is 0. The maximum atomic E-state index is 12.0. The van der Waals surface area contributed by atoms with Gasteiger partial charge in [-0.05, 0) is 25.7 Å². The monoisotopic (exact) mass is 198 g/mol. The van der Waals surface area contributed by atoms with Crippen LogP contribution < -0.4 is 5.73 Å². The first-order chi connectivity index (χ1) is 6.68. The lowest BCUT2D eigenvalue weighted by molar-refractivity contribution is -0.138. The van der Waals surface area contributed by atoms with Crippen LogP contribution in [0.4, 0.5) is 0 Å². The fourth-order valence-electron chi connectivity index (χ4n) is 2.06. The Labute approximate surface area is 84.1 Å². The second-order valence-corrected chi connectivity index (χ2v) is 4.51. The highest BCUT2D eigenvalue weighted by atomic mass is 16.3. The molecule has 4 nitrogen and oxygen atoms in total. The Morgan fingerprint density at radius 2 is 2.00 bits per heavy atom. The first kappa shape index (κ1) is 9.93. The minimum Gasteiger partial charge on any atom is -0.393 e. The van der Waals surface area contributed by atoms with E-state index in [4.69, 9.17) is 5.73 Å². The van der Waals surface area contributed by atoms with Crippen LogP contribution in [0.3, 0.4) is 0 Å². The van der Waals surface area contributed by atoms with Gasteiger partial charge in [0.2, 0.25) is 5.91 Å². The van der Waals surface area contributed by atoms with Crippen molar-refractivity contribution in [2.75, 3.05) is 19.6 Å². The van der Waals surface area contributed by atoms with Gasteiger partial charge in [0.1, 0.15) is 0 Å². The number of likely N-dealkylation sites (tertiary alicyclic amines) is 1. The molecule has 1 saturated carbocycles. The normalized spacial score (nSPS) is 26.3. The molecule has 0 bridgehead atoms. The number of carbonyl (C=O) groups excluding carboxylic acids is 1. The van der Waals surface area contributed by atoms with Crippen molar-refractivity contribution in [1.29, 1.82) is 0 Å². The predicted octanol–water partition coefficient (Wildman–Crippen LogP) is -0.291. The molecule has 4 heteroatoms. The van der Waals surface area contributed by atoms with Crippen LogP contribution in [0.5, 0.6) is 0 Å². The first-order valence-electron chi connectivity index (χ1n) is 5.35. The van der Waals surface area contributed by atoms with Crippen LogP contribution >= 0.6 is 0 Å². The standard InChI is InChI=1S/C10H18N2O2/c11-7-10(3-4-10)9(14)12-5-1-8(13)2-6-12/h8,13H,1-7,11H2. The lowest BCUT2D eigenvalue weighted by atomic mass is 10.0. The molecule has 0 aromatic carbocycles. The highest BCUT2D eigenvalue weighted by Crippen LogP contribution is 2.46. The zero-order chi connectivity index (χ0) is 10.2. The number of nitrogens with two attached hydrogens (primary N) is 1. The predicted molar refractivity (Wildman–Crippen MR) is 52.5 cm³/mol. The fraction of sp³-hybridized carbons (Fsp3) is 0.900. The number of hydrogen-bond donors (Lipinski definition) is 2. The molecule has 2 aliphatic rings. The van der Waals surface area contributed by atoms with Crippen LogP contribution in [0.2, 0.25) is 0 Å². The minimum atomic E-state index is -0.220. The molecular weight excluding hydrogens is 180 g/mol. The molecule has 1 saturated heterocycles. The molecule has 1 amide bonds. The van der Waals surface area contributed by atoms with Gasteiger partial charge in [0, 0.05) is 19.6 Å². The zero-order valence-corrected chi connectivity index (χ0v) is 8.41. The summed E-state index contributed by atoms with van der Waals surface area (Å²) in [5, 5.41) is 9.32. The Bertz CT molecular complexity index is 230. The van der Waals surface area contributed by atoms with Gasteiger partial charge in [-0.3, -0.25) is 4.79 Å². The summed E-state index contributed by atoms with van der Waals surface area (Å²) in [6.45, 7) is 1.87. The molecule has 2 rings (SSSR count). The zero-order valence-electron chi connectivity index (χ0n) is 8.41. The average molecular weight is 198 g/mol. The number of aliphatic hydroxyl groups excluding tert-OH is 1. The molecule has 1 heterocycles. The third-order valence-electron chi connectivity index (χ3n) is 3.45. The van der Waals surface area contributed by atoms with E-state index in [2.05, 4.69) is 0 Å². The van der Waals surface area contributed by atoms with E-state index in [1.807, 2.05) is 4.90 Å². The summed E-state index contributed by atoms with van der Waals surface area (Å²) >= 11 is 0. The van der Waals surface area contributed by atoms with Crippen molar-refractivity contribution in [3.63, 3.8) is 0 Å². The van der Waals surface area contributed by atoms with E-state index in [0.29, 0.717) is 32.5 Å². The molecule has 1 aliphatic heterocycles. The molecule has 0 unspecified atom stereocenters. The van der Waals surface area contributed by atoms with Gasteiger partial charge in [-0.1, -0.05) is 0 Å². The van der Waals surface area contributed by atoms with Crippen molar-refractivity contribution in [3.8, 4) is 0 Å². The summed E-state index contributed by atoms with van der Waals surface area (Å²) < 4.78 is 0. The molecule has 1 aliphatic carbocycles. The molecular formula is C10H18N2O2. The quantitative estimate of drug-likeness (QED) is 0.640. The van der Waals surface area contributed by atoms with Crippen LogP contribution in [0.1, 0.15) is 25.7 Å². The topological polar surface area (TPSA) is 66.6 Å². The third-order valence-corrected chi connectivity index (χ3v) is 3.45. The van der Waals surface area contributed by atoms with E-state index < -0.39 is 0 Å². The molecule has 2 fully saturated rings. The van der Waals surface area contributed by atoms with Crippen LogP contribution in [-0.2, 0) is 4.79 Å². The Kier molecular flexibility index (Phi) is 2.49. The van der Waals surface area contributed by atoms with Gasteiger partial charge in [0.05, 0.1) is 11.5 Å². The van der Waals surface area contributed by atoms with Crippen molar-refractivity contribution in [2.45, 2.75) is 31.8 Å². The van der Waals surface area contributed by atoms with Crippen LogP contribution in [0.15, 0.2) is 0 Å². The second kappa shape index (κ2) is 3.51. The van der Waals surface area contributed by atoms with E-state index >= 15 is 0 Å². The van der Waals surface area contributed by atoms with Crippen molar-refractivity contribution >= 4 is 5.91 Å². The number of carbonyl (C=O) groups is 1. The number of hydrogen-bond acceptors (Lipinski definition) is 3. The minimum absolute atomic E-state index is 0.215. The fourth-order valence-corrected chi connectivity index (χ4v) is 2.06. The molecule has 0 radical (unpaired) electrons. The number of amides is 1. The lowest BCUT2D eigenvalue weighted by Crippen LogP contribution is -2.45. The largest absolute Gasteiger partial charge is 0.393 e. The third kappa shape index (κ3) is 1.64. The Morgan fingerprint density at radius 1 is 1.43 bits per heavy atom. The van der Waals surface area contributed by atoms with E-state index in [-0.39, 0.29) is 17.4 Å². The van der Waals surface area contributed by atoms with Gasteiger partial charge in [0.15, 0.2) is 0 Å². The molecule has 0 spiro atoms. The van der Waals surface area contributed by atoms with Crippen molar-refractivity contribution < 1.29 is 9.90 Å². The molecule has 0 atom stereocenters. The van der Waals surface area contributed by atoms with E-state index in [1.165, 1.54) is 0 Å². The Balaban J connectivity index is 1.92. The van der Waals surface area contributed by atoms with Crippen LogP contribution in [0, 0.1) is 5.41 Å². The van der Waals surface area contributed by atoms with Crippen molar-refractivity contribution in [1.82, 2.24) is 4.90 Å². The summed E-state index contributed by atoms with van der Waals surface area (Å²) in [5.74, 6) is 0.215. The van der Waals surface area contributed by atoms with E-state index in [1.54, 1.807) is 0 Å². The molecule has 0 aromatic heterocycles. The Morgan fingerprint density at radius 3 is 2.43 bits per heavy atom. The van der Waals surface area contributed by atoms with Gasteiger partial charge >= 0.3 is 0 Å². The van der Waals surface area contributed by atoms with Gasteiger partial charge in [-0.15, -0.1) is 0 Å². The average Bonchev–Trinajstić information content (AvgIpc) is 2.99. The maximum absolute atomic E-state index is 12.0. The smallest absolute Gasteiger partial charge is 0.230 e. The maximum Gasteiger partial charge on any atom is 0.230 e. The van der Waals surface area contributed by atoms with Crippen LogP contribution in [0.25, 0.3) is 0 Å². The van der Waals surface area contributed by atoms with E-state index in [0.717, 1.165) is 12.8 Å². The first-order valence-corrected chi connectivity index (χ1v) is 5.35. The van der Waals surface area contributed by atoms with Gasteiger partial charge in [0.25, 0.3) is 0 Å². The molecule has 14 heavy (non-hydrogen) atoms. The van der Waals surface area contributed by atoms with E-state index in [9.17, 15) is 9.90 Å². The number of aliphatic hydroxyl groups is 1. The molecule has 80 valence electrons. The number of rotatable bonds is 2. The van der Waals surface area contributed by atoms with Gasteiger partial charge in [-0.25, -0.2) is 0 Å². The summed E-state index contributed by atoms with van der Waals surface area (Å²) in [4.78, 5) is 13.9. The lowest BCUT2D eigenvalue weighted by Gasteiger charge is -2.32. The second-order valence-electron chi connectivity index (χ2n) is 4.51. The molecule has 0 aromatic rings. The van der Waals surface area contributed by atoms with Gasteiger partial charge in [-0.2, -0.15) is 0 Å². The number of nitrogens with zero attached hydrogens (tertiary/aromatic N) is 1. The number of piperidine rings is 1. The highest BCUT2D eigenvalue weighted by molar-refractivity contribution is 5.85.